The lowest BCUT2D eigenvalue weighted by molar-refractivity contribution is 0.194. The molecular weight excluding hydrogens is 222 g/mol. The van der Waals surface area contributed by atoms with Crippen LogP contribution in [-0.4, -0.2) is 27.9 Å². The molecule has 6 nitrogen and oxygen atoms in total. The zero-order valence-electron chi connectivity index (χ0n) is 8.96. The highest BCUT2D eigenvalue weighted by Gasteiger charge is 2.08. The fourth-order valence-corrected chi connectivity index (χ4v) is 1.33. The predicted molar refractivity (Wildman–Crippen MR) is 59.5 cm³/mol. The van der Waals surface area contributed by atoms with Gasteiger partial charge in [0, 0.05) is 18.5 Å². The average molecular weight is 233 g/mol. The maximum atomic E-state index is 10.2. The topological polar surface area (TPSA) is 88.2 Å². The van der Waals surface area contributed by atoms with E-state index in [1.807, 2.05) is 30.3 Å². The normalized spacial score (nSPS) is 10.1. The minimum Gasteiger partial charge on any atom is -0.465 e. The molecule has 0 aliphatic rings. The monoisotopic (exact) mass is 233 g/mol. The number of benzene rings is 1. The van der Waals surface area contributed by atoms with Crippen molar-refractivity contribution in [1.82, 2.24) is 15.5 Å². The van der Waals surface area contributed by atoms with Crippen LogP contribution >= 0.6 is 0 Å². The summed E-state index contributed by atoms with van der Waals surface area (Å²) in [5, 5.41) is 14.4. The molecule has 0 saturated carbocycles. The molecule has 1 amide bonds. The van der Waals surface area contributed by atoms with Crippen LogP contribution in [0.4, 0.5) is 4.79 Å². The van der Waals surface area contributed by atoms with E-state index in [1.54, 1.807) is 0 Å². The number of nitrogens with zero attached hydrogens (tertiary/aromatic N) is 2. The molecule has 0 unspecified atom stereocenters. The van der Waals surface area contributed by atoms with Crippen molar-refractivity contribution in [3.63, 3.8) is 0 Å². The lowest BCUT2D eigenvalue weighted by Crippen LogP contribution is -2.23. The van der Waals surface area contributed by atoms with Crippen LogP contribution in [0.15, 0.2) is 34.9 Å². The molecule has 1 aromatic carbocycles. The van der Waals surface area contributed by atoms with E-state index < -0.39 is 6.09 Å². The summed E-state index contributed by atoms with van der Waals surface area (Å²) in [6, 6.07) is 9.40. The van der Waals surface area contributed by atoms with E-state index in [0.717, 1.165) is 5.56 Å². The summed E-state index contributed by atoms with van der Waals surface area (Å²) in [4.78, 5) is 14.4. The van der Waals surface area contributed by atoms with Crippen LogP contribution in [0.2, 0.25) is 0 Å². The number of carboxylic acid groups (broad SMARTS) is 1. The van der Waals surface area contributed by atoms with E-state index in [1.165, 1.54) is 0 Å². The Morgan fingerprint density at radius 2 is 2.12 bits per heavy atom. The Morgan fingerprint density at radius 3 is 2.82 bits per heavy atom. The van der Waals surface area contributed by atoms with E-state index in [0.29, 0.717) is 18.1 Å². The fourth-order valence-electron chi connectivity index (χ4n) is 1.33. The highest BCUT2D eigenvalue weighted by molar-refractivity contribution is 5.64. The van der Waals surface area contributed by atoms with Gasteiger partial charge in [-0.05, 0) is 12.1 Å². The van der Waals surface area contributed by atoms with Crippen molar-refractivity contribution >= 4 is 6.09 Å². The summed E-state index contributed by atoms with van der Waals surface area (Å²) in [6.45, 7) is 0.267. The van der Waals surface area contributed by atoms with Crippen LogP contribution in [0.25, 0.3) is 11.5 Å². The van der Waals surface area contributed by atoms with Crippen molar-refractivity contribution < 1.29 is 14.4 Å². The van der Waals surface area contributed by atoms with E-state index in [2.05, 4.69) is 15.5 Å². The Labute approximate surface area is 97.3 Å². The molecule has 1 aromatic heterocycles. The van der Waals surface area contributed by atoms with Gasteiger partial charge in [0.05, 0.1) is 0 Å². The first-order chi connectivity index (χ1) is 8.25. The molecule has 2 N–H and O–H groups in total. The number of nitrogens with one attached hydrogen (secondary N) is 1. The number of aromatic nitrogens is 2. The Kier molecular flexibility index (Phi) is 3.34. The smallest absolute Gasteiger partial charge is 0.404 e. The third-order valence-electron chi connectivity index (χ3n) is 2.11. The summed E-state index contributed by atoms with van der Waals surface area (Å²) >= 11 is 0. The molecule has 88 valence electrons. The quantitative estimate of drug-likeness (QED) is 0.836. The summed E-state index contributed by atoms with van der Waals surface area (Å²) in [5.74, 6) is 0.925. The predicted octanol–water partition coefficient (Wildman–Crippen LogP) is 1.55. The van der Waals surface area contributed by atoms with Crippen molar-refractivity contribution in [3.8, 4) is 11.5 Å². The zero-order valence-corrected chi connectivity index (χ0v) is 8.96. The number of rotatable bonds is 4. The van der Waals surface area contributed by atoms with Gasteiger partial charge < -0.3 is 14.9 Å². The van der Waals surface area contributed by atoms with Crippen molar-refractivity contribution in [1.29, 1.82) is 0 Å². The van der Waals surface area contributed by atoms with Gasteiger partial charge in [0.15, 0.2) is 5.82 Å². The first-order valence-electron chi connectivity index (χ1n) is 5.10. The highest BCUT2D eigenvalue weighted by Crippen LogP contribution is 2.15. The summed E-state index contributed by atoms with van der Waals surface area (Å²) in [5.41, 5.74) is 0.845. The Balaban J connectivity index is 1.99. The van der Waals surface area contributed by atoms with Gasteiger partial charge in [0.2, 0.25) is 0 Å². The molecule has 0 aliphatic heterocycles. The van der Waals surface area contributed by atoms with Gasteiger partial charge in [-0.1, -0.05) is 23.4 Å². The highest BCUT2D eigenvalue weighted by atomic mass is 16.5. The maximum Gasteiger partial charge on any atom is 0.404 e. The number of amides is 1. The van der Waals surface area contributed by atoms with Gasteiger partial charge in [-0.25, -0.2) is 4.79 Å². The Bertz CT molecular complexity index is 496. The molecular formula is C11H11N3O3. The van der Waals surface area contributed by atoms with E-state index >= 15 is 0 Å². The second-order valence-corrected chi connectivity index (χ2v) is 3.36. The maximum absolute atomic E-state index is 10.2. The van der Waals surface area contributed by atoms with E-state index in [-0.39, 0.29) is 6.54 Å². The standard InChI is InChI=1S/C11H11N3O3/c15-11(16)12-7-6-9-13-10(17-14-9)8-4-2-1-3-5-8/h1-5,12H,6-7H2,(H,15,16). The number of hydrogen-bond donors (Lipinski definition) is 2. The van der Waals surface area contributed by atoms with Gasteiger partial charge in [-0.2, -0.15) is 4.98 Å². The zero-order chi connectivity index (χ0) is 12.1. The van der Waals surface area contributed by atoms with Crippen LogP contribution < -0.4 is 5.32 Å². The van der Waals surface area contributed by atoms with E-state index in [4.69, 9.17) is 9.63 Å². The Morgan fingerprint density at radius 1 is 1.35 bits per heavy atom. The molecule has 6 heteroatoms. The van der Waals surface area contributed by atoms with Gasteiger partial charge in [0.1, 0.15) is 0 Å². The van der Waals surface area contributed by atoms with Gasteiger partial charge in [0.25, 0.3) is 5.89 Å². The second kappa shape index (κ2) is 5.11. The lowest BCUT2D eigenvalue weighted by atomic mass is 10.2. The van der Waals surface area contributed by atoms with Crippen LogP contribution in [-0.2, 0) is 6.42 Å². The van der Waals surface area contributed by atoms with Crippen molar-refractivity contribution in [3.05, 3.63) is 36.2 Å². The lowest BCUT2D eigenvalue weighted by Gasteiger charge is -1.95. The molecule has 0 radical (unpaired) electrons. The molecule has 0 fully saturated rings. The first kappa shape index (κ1) is 11.1. The van der Waals surface area contributed by atoms with Gasteiger partial charge in [-0.3, -0.25) is 0 Å². The molecule has 0 aliphatic carbocycles. The largest absolute Gasteiger partial charge is 0.465 e. The summed E-state index contributed by atoms with van der Waals surface area (Å²) < 4.78 is 5.07. The molecule has 0 spiro atoms. The molecule has 2 rings (SSSR count). The van der Waals surface area contributed by atoms with Crippen molar-refractivity contribution in [2.45, 2.75) is 6.42 Å². The van der Waals surface area contributed by atoms with Crippen molar-refractivity contribution in [2.75, 3.05) is 6.54 Å². The molecule has 17 heavy (non-hydrogen) atoms. The Hall–Kier alpha value is -2.37. The van der Waals surface area contributed by atoms with Gasteiger partial charge in [-0.15, -0.1) is 0 Å². The van der Waals surface area contributed by atoms with Crippen LogP contribution in [0.3, 0.4) is 0 Å². The summed E-state index contributed by atoms with van der Waals surface area (Å²) in [7, 11) is 0. The van der Waals surface area contributed by atoms with Gasteiger partial charge >= 0.3 is 6.09 Å². The average Bonchev–Trinajstić information content (AvgIpc) is 2.78. The number of carbonyl (C=O) groups is 1. The molecule has 1 heterocycles. The van der Waals surface area contributed by atoms with Crippen LogP contribution in [0.1, 0.15) is 5.82 Å². The fraction of sp³-hybridized carbons (Fsp3) is 0.182. The third kappa shape index (κ3) is 3.04. The second-order valence-electron chi connectivity index (χ2n) is 3.36. The molecule has 2 aromatic rings. The van der Waals surface area contributed by atoms with Crippen LogP contribution in [0.5, 0.6) is 0 Å². The molecule has 0 saturated heterocycles. The SMILES string of the molecule is O=C(O)NCCc1noc(-c2ccccc2)n1. The minimum atomic E-state index is -1.06. The third-order valence-corrected chi connectivity index (χ3v) is 2.11. The summed E-state index contributed by atoms with van der Waals surface area (Å²) in [6.07, 6.45) is -0.653. The first-order valence-corrected chi connectivity index (χ1v) is 5.10. The molecule has 0 bridgehead atoms. The van der Waals surface area contributed by atoms with Crippen LogP contribution in [0, 0.1) is 0 Å². The molecule has 0 atom stereocenters. The van der Waals surface area contributed by atoms with E-state index in [9.17, 15) is 4.79 Å². The minimum absolute atomic E-state index is 0.267. The number of hydrogen-bond acceptors (Lipinski definition) is 4. The van der Waals surface area contributed by atoms with Crippen molar-refractivity contribution in [2.24, 2.45) is 0 Å².